The van der Waals surface area contributed by atoms with Crippen LogP contribution < -0.4 is 10.6 Å². The second-order valence-electron chi connectivity index (χ2n) is 6.86. The van der Waals surface area contributed by atoms with Gasteiger partial charge in [-0.3, -0.25) is 5.32 Å². The molecular weight excluding hydrogens is 300 g/mol. The van der Waals surface area contributed by atoms with Gasteiger partial charge in [0.15, 0.2) is 0 Å². The molecule has 22 heavy (non-hydrogen) atoms. The van der Waals surface area contributed by atoms with Crippen molar-refractivity contribution in [3.05, 3.63) is 28.8 Å². The third-order valence-corrected chi connectivity index (χ3v) is 3.92. The summed E-state index contributed by atoms with van der Waals surface area (Å²) < 4.78 is 5.27. The highest BCUT2D eigenvalue weighted by atomic mass is 35.5. The van der Waals surface area contributed by atoms with Gasteiger partial charge in [-0.05, 0) is 76.7 Å². The molecule has 4 nitrogen and oxygen atoms in total. The zero-order valence-electron chi connectivity index (χ0n) is 13.5. The number of ether oxygens (including phenoxy) is 1. The first-order chi connectivity index (χ1) is 10.3. The molecule has 5 heteroatoms. The van der Waals surface area contributed by atoms with E-state index in [1.165, 1.54) is 18.4 Å². The van der Waals surface area contributed by atoms with Crippen molar-refractivity contribution in [2.45, 2.75) is 45.6 Å². The summed E-state index contributed by atoms with van der Waals surface area (Å²) in [7, 11) is 0. The minimum Gasteiger partial charge on any atom is -0.444 e. The van der Waals surface area contributed by atoms with Gasteiger partial charge < -0.3 is 10.1 Å². The SMILES string of the molecule is CC(C)(C)OC(=O)Nc1cc(CC2CCCNC2)ccc1Cl. The van der Waals surface area contributed by atoms with Gasteiger partial charge in [-0.15, -0.1) is 0 Å². The highest BCUT2D eigenvalue weighted by molar-refractivity contribution is 6.33. The molecular formula is C17H25ClN2O2. The number of amides is 1. The summed E-state index contributed by atoms with van der Waals surface area (Å²) >= 11 is 6.17. The van der Waals surface area contributed by atoms with Crippen LogP contribution in [0, 0.1) is 5.92 Å². The van der Waals surface area contributed by atoms with Gasteiger partial charge in [-0.25, -0.2) is 4.79 Å². The third kappa shape index (κ3) is 5.50. The summed E-state index contributed by atoms with van der Waals surface area (Å²) in [6, 6.07) is 5.80. The van der Waals surface area contributed by atoms with Gasteiger partial charge in [0.2, 0.25) is 0 Å². The van der Waals surface area contributed by atoms with Crippen molar-refractivity contribution in [1.29, 1.82) is 0 Å². The summed E-state index contributed by atoms with van der Waals surface area (Å²) in [4.78, 5) is 11.9. The number of rotatable bonds is 3. The molecule has 1 aromatic rings. The van der Waals surface area contributed by atoms with Crippen LogP contribution in [0.2, 0.25) is 5.02 Å². The predicted molar refractivity (Wildman–Crippen MR) is 90.6 cm³/mol. The Morgan fingerprint density at radius 2 is 2.23 bits per heavy atom. The van der Waals surface area contributed by atoms with E-state index in [4.69, 9.17) is 16.3 Å². The van der Waals surface area contributed by atoms with Crippen LogP contribution in [0.15, 0.2) is 18.2 Å². The molecule has 1 heterocycles. The average Bonchev–Trinajstić information content (AvgIpc) is 2.41. The number of hydrogen-bond donors (Lipinski definition) is 2. The summed E-state index contributed by atoms with van der Waals surface area (Å²) in [6.07, 6.45) is 2.98. The largest absolute Gasteiger partial charge is 0.444 e. The molecule has 0 aliphatic carbocycles. The first kappa shape index (κ1) is 17.1. The fourth-order valence-electron chi connectivity index (χ4n) is 2.64. The molecule has 122 valence electrons. The van der Waals surface area contributed by atoms with Gasteiger partial charge in [0.1, 0.15) is 5.60 Å². The highest BCUT2D eigenvalue weighted by Crippen LogP contribution is 2.26. The number of carbonyl (C=O) groups is 1. The minimum atomic E-state index is -0.526. The van der Waals surface area contributed by atoms with Crippen molar-refractivity contribution in [1.82, 2.24) is 5.32 Å². The van der Waals surface area contributed by atoms with Crippen molar-refractivity contribution in [3.8, 4) is 0 Å². The topological polar surface area (TPSA) is 50.4 Å². The number of halogens is 1. The molecule has 1 amide bonds. The van der Waals surface area contributed by atoms with Crippen LogP contribution in [0.5, 0.6) is 0 Å². The maximum atomic E-state index is 11.9. The monoisotopic (exact) mass is 324 g/mol. The normalized spacial score (nSPS) is 18.8. The van der Waals surface area contributed by atoms with Crippen LogP contribution in [0.1, 0.15) is 39.2 Å². The number of carbonyl (C=O) groups excluding carboxylic acids is 1. The van der Waals surface area contributed by atoms with Crippen molar-refractivity contribution in [2.24, 2.45) is 5.92 Å². The Kier molecular flexibility index (Phi) is 5.70. The molecule has 0 saturated carbocycles. The molecule has 2 rings (SSSR count). The molecule has 1 aromatic carbocycles. The molecule has 1 fully saturated rings. The van der Waals surface area contributed by atoms with E-state index in [0.717, 1.165) is 19.5 Å². The van der Waals surface area contributed by atoms with Crippen LogP contribution in [-0.4, -0.2) is 24.8 Å². The summed E-state index contributed by atoms with van der Waals surface area (Å²) in [5.74, 6) is 0.643. The minimum absolute atomic E-state index is 0.481. The Labute approximate surface area is 137 Å². The van der Waals surface area contributed by atoms with Gasteiger partial charge in [0.05, 0.1) is 10.7 Å². The number of nitrogens with one attached hydrogen (secondary N) is 2. The Bertz CT molecular complexity index is 520. The maximum absolute atomic E-state index is 11.9. The first-order valence-electron chi connectivity index (χ1n) is 7.82. The standard InChI is InChI=1S/C17H25ClN2O2/c1-17(2,3)22-16(21)20-15-10-12(6-7-14(15)18)9-13-5-4-8-19-11-13/h6-7,10,13,19H,4-5,8-9,11H2,1-3H3,(H,20,21). The molecule has 0 radical (unpaired) electrons. The van der Waals surface area contributed by atoms with Gasteiger partial charge >= 0.3 is 6.09 Å². The molecule has 1 atom stereocenters. The van der Waals surface area contributed by atoms with E-state index in [-0.39, 0.29) is 0 Å². The maximum Gasteiger partial charge on any atom is 0.412 e. The highest BCUT2D eigenvalue weighted by Gasteiger charge is 2.18. The van der Waals surface area contributed by atoms with Crippen LogP contribution in [0.25, 0.3) is 0 Å². The Morgan fingerprint density at radius 3 is 2.86 bits per heavy atom. The smallest absolute Gasteiger partial charge is 0.412 e. The molecule has 0 spiro atoms. The molecule has 1 aliphatic heterocycles. The van der Waals surface area contributed by atoms with E-state index < -0.39 is 11.7 Å². The van der Waals surface area contributed by atoms with Crippen molar-refractivity contribution in [3.63, 3.8) is 0 Å². The number of piperidine rings is 1. The molecule has 0 aromatic heterocycles. The van der Waals surface area contributed by atoms with Crippen LogP contribution in [0.3, 0.4) is 0 Å². The van der Waals surface area contributed by atoms with Crippen LogP contribution >= 0.6 is 11.6 Å². The lowest BCUT2D eigenvalue weighted by Crippen LogP contribution is -2.30. The lowest BCUT2D eigenvalue weighted by Gasteiger charge is -2.23. The van der Waals surface area contributed by atoms with Gasteiger partial charge in [0, 0.05) is 0 Å². The Morgan fingerprint density at radius 1 is 1.45 bits per heavy atom. The van der Waals surface area contributed by atoms with E-state index in [0.29, 0.717) is 16.6 Å². The van der Waals surface area contributed by atoms with Crippen molar-refractivity contribution >= 4 is 23.4 Å². The van der Waals surface area contributed by atoms with Crippen LogP contribution in [-0.2, 0) is 11.2 Å². The number of anilines is 1. The fourth-order valence-corrected chi connectivity index (χ4v) is 2.81. The fraction of sp³-hybridized carbons (Fsp3) is 0.588. The number of hydrogen-bond acceptors (Lipinski definition) is 3. The second-order valence-corrected chi connectivity index (χ2v) is 7.26. The van der Waals surface area contributed by atoms with E-state index in [2.05, 4.69) is 10.6 Å². The zero-order chi connectivity index (χ0) is 16.2. The molecule has 1 aliphatic rings. The van der Waals surface area contributed by atoms with Crippen molar-refractivity contribution in [2.75, 3.05) is 18.4 Å². The second kappa shape index (κ2) is 7.34. The zero-order valence-corrected chi connectivity index (χ0v) is 14.3. The first-order valence-corrected chi connectivity index (χ1v) is 8.20. The summed E-state index contributed by atoms with van der Waals surface area (Å²) in [5.41, 5.74) is 1.27. The van der Waals surface area contributed by atoms with E-state index in [1.807, 2.05) is 39.0 Å². The molecule has 2 N–H and O–H groups in total. The van der Waals surface area contributed by atoms with E-state index in [1.54, 1.807) is 0 Å². The average molecular weight is 325 g/mol. The summed E-state index contributed by atoms with van der Waals surface area (Å²) in [5, 5.41) is 6.68. The van der Waals surface area contributed by atoms with Crippen LogP contribution in [0.4, 0.5) is 10.5 Å². The predicted octanol–water partition coefficient (Wildman–Crippen LogP) is 4.23. The van der Waals surface area contributed by atoms with E-state index >= 15 is 0 Å². The quantitative estimate of drug-likeness (QED) is 0.874. The lowest BCUT2D eigenvalue weighted by atomic mass is 9.92. The molecule has 1 unspecified atom stereocenters. The van der Waals surface area contributed by atoms with Crippen molar-refractivity contribution < 1.29 is 9.53 Å². The van der Waals surface area contributed by atoms with E-state index in [9.17, 15) is 4.79 Å². The Balaban J connectivity index is 2.01. The molecule has 1 saturated heterocycles. The van der Waals surface area contributed by atoms with Gasteiger partial charge in [-0.1, -0.05) is 17.7 Å². The molecule has 0 bridgehead atoms. The Hall–Kier alpha value is -1.26. The third-order valence-electron chi connectivity index (χ3n) is 3.59. The number of benzene rings is 1. The van der Waals surface area contributed by atoms with Gasteiger partial charge in [0.25, 0.3) is 0 Å². The van der Waals surface area contributed by atoms with Gasteiger partial charge in [-0.2, -0.15) is 0 Å². The summed E-state index contributed by atoms with van der Waals surface area (Å²) in [6.45, 7) is 7.67. The lowest BCUT2D eigenvalue weighted by molar-refractivity contribution is 0.0636.